The van der Waals surface area contributed by atoms with Gasteiger partial charge in [0.2, 0.25) is 0 Å². The van der Waals surface area contributed by atoms with Gasteiger partial charge < -0.3 is 15.3 Å². The minimum absolute atomic E-state index is 0.0268. The minimum Gasteiger partial charge on any atom is -0.465 e. The molecule has 0 spiro atoms. The Labute approximate surface area is 162 Å². The summed E-state index contributed by atoms with van der Waals surface area (Å²) in [5.41, 5.74) is 2.91. The number of benzene rings is 1. The predicted octanol–water partition coefficient (Wildman–Crippen LogP) is 2.54. The van der Waals surface area contributed by atoms with E-state index in [1.165, 1.54) is 4.90 Å². The summed E-state index contributed by atoms with van der Waals surface area (Å²) in [5.74, 6) is 0.319. The molecule has 8 heteroatoms. The number of carboxylic acid groups (broad SMARTS) is 1. The summed E-state index contributed by atoms with van der Waals surface area (Å²) in [6, 6.07) is 9.72. The maximum atomic E-state index is 11.1. The van der Waals surface area contributed by atoms with Crippen LogP contribution in [-0.4, -0.2) is 55.8 Å². The van der Waals surface area contributed by atoms with E-state index in [1.807, 2.05) is 35.0 Å². The van der Waals surface area contributed by atoms with Crippen LogP contribution in [0.3, 0.4) is 0 Å². The molecular weight excluding hydrogens is 356 g/mol. The third-order valence-corrected chi connectivity index (χ3v) is 5.06. The van der Waals surface area contributed by atoms with Crippen LogP contribution in [0.5, 0.6) is 0 Å². The summed E-state index contributed by atoms with van der Waals surface area (Å²) < 4.78 is 1.93. The average molecular weight is 378 g/mol. The zero-order chi connectivity index (χ0) is 19.5. The lowest BCUT2D eigenvalue weighted by atomic mass is 10.0. The first-order chi connectivity index (χ1) is 13.6. The molecule has 1 saturated heterocycles. The van der Waals surface area contributed by atoms with Crippen LogP contribution >= 0.6 is 0 Å². The Morgan fingerprint density at radius 2 is 2.07 bits per heavy atom. The first-order valence-corrected chi connectivity index (χ1v) is 9.28. The van der Waals surface area contributed by atoms with E-state index in [-0.39, 0.29) is 6.04 Å². The van der Waals surface area contributed by atoms with Gasteiger partial charge in [-0.05, 0) is 24.5 Å². The Hall–Kier alpha value is -3.42. The first kappa shape index (κ1) is 18.0. The normalized spacial score (nSPS) is 16.9. The summed E-state index contributed by atoms with van der Waals surface area (Å²) in [6.07, 6.45) is 6.14. The van der Waals surface area contributed by atoms with Crippen molar-refractivity contribution in [2.24, 2.45) is 0 Å². The number of piperidine rings is 1. The SMILES string of the molecule is N=C(N[C@@H]1CCCN(C(=O)O)C1)c1ccc(Cn2ncc3cnccc32)cc1. The number of aromatic nitrogens is 3. The smallest absolute Gasteiger partial charge is 0.407 e. The third kappa shape index (κ3) is 3.80. The van der Waals surface area contributed by atoms with Crippen LogP contribution in [0.25, 0.3) is 10.9 Å². The number of pyridine rings is 1. The summed E-state index contributed by atoms with van der Waals surface area (Å²) >= 11 is 0. The number of carbonyl (C=O) groups is 1. The topological polar surface area (TPSA) is 107 Å². The summed E-state index contributed by atoms with van der Waals surface area (Å²) in [4.78, 5) is 16.7. The van der Waals surface area contributed by atoms with Gasteiger partial charge in [0.25, 0.3) is 0 Å². The Morgan fingerprint density at radius 3 is 2.86 bits per heavy atom. The lowest BCUT2D eigenvalue weighted by Crippen LogP contribution is -2.49. The van der Waals surface area contributed by atoms with E-state index < -0.39 is 6.09 Å². The molecule has 0 radical (unpaired) electrons. The van der Waals surface area contributed by atoms with Gasteiger partial charge in [-0.15, -0.1) is 0 Å². The first-order valence-electron chi connectivity index (χ1n) is 9.28. The fourth-order valence-electron chi connectivity index (χ4n) is 3.56. The second-order valence-corrected chi connectivity index (χ2v) is 7.02. The highest BCUT2D eigenvalue weighted by molar-refractivity contribution is 5.96. The van der Waals surface area contributed by atoms with Crippen molar-refractivity contribution in [3.63, 3.8) is 0 Å². The zero-order valence-corrected chi connectivity index (χ0v) is 15.4. The van der Waals surface area contributed by atoms with Gasteiger partial charge in [0, 0.05) is 42.5 Å². The molecule has 1 amide bonds. The van der Waals surface area contributed by atoms with E-state index in [2.05, 4.69) is 15.4 Å². The van der Waals surface area contributed by atoms with Crippen LogP contribution in [0.4, 0.5) is 4.79 Å². The molecule has 1 fully saturated rings. The van der Waals surface area contributed by atoms with Crippen molar-refractivity contribution in [2.75, 3.05) is 13.1 Å². The molecule has 2 aromatic heterocycles. The Kier molecular flexibility index (Phi) is 4.92. The van der Waals surface area contributed by atoms with Crippen LogP contribution in [0.15, 0.2) is 48.9 Å². The van der Waals surface area contributed by atoms with Crippen molar-refractivity contribution in [1.29, 1.82) is 5.41 Å². The van der Waals surface area contributed by atoms with E-state index in [9.17, 15) is 4.79 Å². The summed E-state index contributed by atoms with van der Waals surface area (Å²) in [7, 11) is 0. The van der Waals surface area contributed by atoms with Gasteiger partial charge in [-0.2, -0.15) is 5.10 Å². The molecule has 1 aromatic carbocycles. The van der Waals surface area contributed by atoms with Crippen LogP contribution in [-0.2, 0) is 6.54 Å². The number of amides is 1. The van der Waals surface area contributed by atoms with Crippen LogP contribution < -0.4 is 5.32 Å². The number of likely N-dealkylation sites (tertiary alicyclic amines) is 1. The number of hydrogen-bond donors (Lipinski definition) is 3. The van der Waals surface area contributed by atoms with E-state index in [4.69, 9.17) is 10.5 Å². The molecule has 3 heterocycles. The molecule has 1 aliphatic heterocycles. The Balaban J connectivity index is 1.40. The lowest BCUT2D eigenvalue weighted by Gasteiger charge is -2.31. The largest absolute Gasteiger partial charge is 0.465 e. The molecule has 1 aliphatic rings. The molecule has 3 aromatic rings. The maximum Gasteiger partial charge on any atom is 0.407 e. The van der Waals surface area contributed by atoms with Crippen molar-refractivity contribution < 1.29 is 9.90 Å². The highest BCUT2D eigenvalue weighted by Gasteiger charge is 2.23. The molecule has 4 rings (SSSR count). The van der Waals surface area contributed by atoms with Crippen molar-refractivity contribution in [2.45, 2.75) is 25.4 Å². The summed E-state index contributed by atoms with van der Waals surface area (Å²) in [6.45, 7) is 1.62. The van der Waals surface area contributed by atoms with Gasteiger partial charge >= 0.3 is 6.09 Å². The highest BCUT2D eigenvalue weighted by Crippen LogP contribution is 2.15. The van der Waals surface area contributed by atoms with Crippen molar-refractivity contribution in [3.05, 3.63) is 60.0 Å². The van der Waals surface area contributed by atoms with E-state index in [1.54, 1.807) is 18.6 Å². The molecule has 144 valence electrons. The van der Waals surface area contributed by atoms with Crippen molar-refractivity contribution in [1.82, 2.24) is 25.0 Å². The number of amidine groups is 1. The average Bonchev–Trinajstić information content (AvgIpc) is 3.12. The maximum absolute atomic E-state index is 11.1. The second-order valence-electron chi connectivity index (χ2n) is 7.02. The quantitative estimate of drug-likeness (QED) is 0.478. The molecule has 0 bridgehead atoms. The lowest BCUT2D eigenvalue weighted by molar-refractivity contribution is 0.128. The predicted molar refractivity (Wildman–Crippen MR) is 106 cm³/mol. The summed E-state index contributed by atoms with van der Waals surface area (Å²) in [5, 5.41) is 26.0. The number of nitrogens with one attached hydrogen (secondary N) is 2. The monoisotopic (exact) mass is 378 g/mol. The van der Waals surface area contributed by atoms with Gasteiger partial charge in [0.1, 0.15) is 5.84 Å². The number of rotatable bonds is 4. The standard InChI is InChI=1S/C20H22N6O2/c21-19(24-17-2-1-9-25(13-17)20(27)28)15-5-3-14(4-6-15)12-26-18-7-8-22-10-16(18)11-23-26/h3-8,10-11,17H,1-2,9,12-13H2,(H2,21,24)(H,27,28)/t17-/m1/s1. The Bertz CT molecular complexity index is 997. The number of fused-ring (bicyclic) bond motifs is 1. The molecule has 8 nitrogen and oxygen atoms in total. The fraction of sp³-hybridized carbons (Fsp3) is 0.300. The fourth-order valence-corrected chi connectivity index (χ4v) is 3.56. The molecule has 1 atom stereocenters. The number of nitrogens with zero attached hydrogens (tertiary/aromatic N) is 4. The third-order valence-electron chi connectivity index (χ3n) is 5.06. The van der Waals surface area contributed by atoms with Crippen molar-refractivity contribution in [3.8, 4) is 0 Å². The van der Waals surface area contributed by atoms with Crippen LogP contribution in [0.2, 0.25) is 0 Å². The van der Waals surface area contributed by atoms with Crippen LogP contribution in [0.1, 0.15) is 24.0 Å². The van der Waals surface area contributed by atoms with Crippen molar-refractivity contribution >= 4 is 22.8 Å². The zero-order valence-electron chi connectivity index (χ0n) is 15.4. The highest BCUT2D eigenvalue weighted by atomic mass is 16.4. The molecule has 0 saturated carbocycles. The van der Waals surface area contributed by atoms with E-state index in [0.29, 0.717) is 25.5 Å². The van der Waals surface area contributed by atoms with E-state index >= 15 is 0 Å². The molecule has 3 N–H and O–H groups in total. The molecule has 0 aliphatic carbocycles. The van der Waals surface area contributed by atoms with Gasteiger partial charge in [-0.25, -0.2) is 4.79 Å². The van der Waals surface area contributed by atoms with Gasteiger partial charge in [-0.3, -0.25) is 15.1 Å². The molecular formula is C20H22N6O2. The second kappa shape index (κ2) is 7.67. The molecule has 28 heavy (non-hydrogen) atoms. The minimum atomic E-state index is -0.899. The Morgan fingerprint density at radius 1 is 1.25 bits per heavy atom. The molecule has 0 unspecified atom stereocenters. The van der Waals surface area contributed by atoms with E-state index in [0.717, 1.165) is 34.9 Å². The van der Waals surface area contributed by atoms with Gasteiger partial charge in [-0.1, -0.05) is 24.3 Å². The van der Waals surface area contributed by atoms with Gasteiger partial charge in [0.15, 0.2) is 0 Å². The van der Waals surface area contributed by atoms with Gasteiger partial charge in [0.05, 0.1) is 18.3 Å². The van der Waals surface area contributed by atoms with Crippen LogP contribution in [0, 0.1) is 5.41 Å². The number of hydrogen-bond acceptors (Lipinski definition) is 4.